The number of esters is 1. The van der Waals surface area contributed by atoms with E-state index in [-0.39, 0.29) is 30.3 Å². The van der Waals surface area contributed by atoms with E-state index >= 15 is 0 Å². The van der Waals surface area contributed by atoms with Crippen molar-refractivity contribution < 1.29 is 18.7 Å². The summed E-state index contributed by atoms with van der Waals surface area (Å²) in [5, 5.41) is 0. The van der Waals surface area contributed by atoms with E-state index in [1.807, 2.05) is 61.5 Å². The summed E-state index contributed by atoms with van der Waals surface area (Å²) in [6, 6.07) is 17.3. The molecule has 1 aliphatic rings. The number of fused-ring (bicyclic) bond motifs is 1. The molecule has 0 bridgehead atoms. The number of aromatic nitrogens is 1. The number of oxazole rings is 1. The average molecular weight is 406 g/mol. The molecule has 0 aliphatic carbocycles. The highest BCUT2D eigenvalue weighted by Crippen LogP contribution is 2.30. The molecule has 2 heterocycles. The van der Waals surface area contributed by atoms with Crippen LogP contribution in [0.2, 0.25) is 0 Å². The lowest BCUT2D eigenvalue weighted by Crippen LogP contribution is -2.40. The fourth-order valence-corrected chi connectivity index (χ4v) is 3.99. The molecule has 0 spiro atoms. The molecule has 2 aromatic carbocycles. The molecular formula is C24H26N2O4. The summed E-state index contributed by atoms with van der Waals surface area (Å²) < 4.78 is 11.2. The number of ether oxygens (including phenoxy) is 1. The number of rotatable bonds is 6. The largest absolute Gasteiger partial charge is 0.455 e. The van der Waals surface area contributed by atoms with Gasteiger partial charge in [0.15, 0.2) is 18.1 Å². The van der Waals surface area contributed by atoms with Crippen molar-refractivity contribution in [1.29, 1.82) is 0 Å². The lowest BCUT2D eigenvalue weighted by Gasteiger charge is -2.30. The van der Waals surface area contributed by atoms with Crippen LogP contribution in [0, 0.1) is 0 Å². The van der Waals surface area contributed by atoms with Crippen LogP contribution in [0.3, 0.4) is 0 Å². The van der Waals surface area contributed by atoms with Crippen molar-refractivity contribution in [2.75, 3.05) is 19.7 Å². The number of piperidine rings is 1. The van der Waals surface area contributed by atoms with Crippen molar-refractivity contribution in [2.45, 2.75) is 38.0 Å². The van der Waals surface area contributed by atoms with Gasteiger partial charge in [-0.25, -0.2) is 4.98 Å². The van der Waals surface area contributed by atoms with E-state index in [0.29, 0.717) is 19.5 Å². The molecule has 1 atom stereocenters. The van der Waals surface area contributed by atoms with Gasteiger partial charge in [-0.15, -0.1) is 0 Å². The van der Waals surface area contributed by atoms with E-state index < -0.39 is 0 Å². The van der Waals surface area contributed by atoms with Crippen molar-refractivity contribution >= 4 is 23.0 Å². The highest BCUT2D eigenvalue weighted by molar-refractivity contribution is 5.83. The molecule has 30 heavy (non-hydrogen) atoms. The zero-order valence-corrected chi connectivity index (χ0v) is 17.1. The summed E-state index contributed by atoms with van der Waals surface area (Å²) in [5.41, 5.74) is 2.57. The average Bonchev–Trinajstić information content (AvgIpc) is 3.23. The molecular weight excluding hydrogens is 380 g/mol. The van der Waals surface area contributed by atoms with Gasteiger partial charge in [0.25, 0.3) is 5.91 Å². The van der Waals surface area contributed by atoms with Crippen LogP contribution in [0.25, 0.3) is 11.1 Å². The van der Waals surface area contributed by atoms with E-state index in [2.05, 4.69) is 4.98 Å². The van der Waals surface area contributed by atoms with Gasteiger partial charge in [0.1, 0.15) is 5.52 Å². The molecule has 6 heteroatoms. The molecule has 156 valence electrons. The Kier molecular flexibility index (Phi) is 6.12. The van der Waals surface area contributed by atoms with Gasteiger partial charge in [-0.05, 0) is 37.0 Å². The summed E-state index contributed by atoms with van der Waals surface area (Å²) >= 11 is 0. The molecule has 3 aromatic rings. The number of hydrogen-bond acceptors (Lipinski definition) is 5. The van der Waals surface area contributed by atoms with Crippen molar-refractivity contribution in [1.82, 2.24) is 9.88 Å². The van der Waals surface area contributed by atoms with Gasteiger partial charge in [0.05, 0.1) is 5.92 Å². The maximum absolute atomic E-state index is 12.5. The first-order valence-electron chi connectivity index (χ1n) is 10.5. The lowest BCUT2D eigenvalue weighted by molar-refractivity contribution is -0.153. The summed E-state index contributed by atoms with van der Waals surface area (Å²) in [7, 11) is 0. The quantitative estimate of drug-likeness (QED) is 0.572. The van der Waals surface area contributed by atoms with Crippen LogP contribution in [0.1, 0.15) is 49.5 Å². The van der Waals surface area contributed by atoms with E-state index in [1.165, 1.54) is 0 Å². The van der Waals surface area contributed by atoms with Gasteiger partial charge >= 0.3 is 5.97 Å². The fourth-order valence-electron chi connectivity index (χ4n) is 3.99. The SMILES string of the molecule is CC[C@H](C(=O)OCC(=O)N1CCC(c2nc3ccccc3o2)CC1)c1ccccc1. The Labute approximate surface area is 175 Å². The fraction of sp³-hybridized carbons (Fsp3) is 0.375. The predicted molar refractivity (Wildman–Crippen MR) is 113 cm³/mol. The van der Waals surface area contributed by atoms with Crippen LogP contribution in [0.4, 0.5) is 0 Å². The molecule has 1 amide bonds. The standard InChI is InChI=1S/C24H26N2O4/c1-2-19(17-8-4-3-5-9-17)24(28)29-16-22(27)26-14-12-18(13-15-26)23-25-20-10-6-7-11-21(20)30-23/h3-11,18-19H,2,12-16H2,1H3/t19-/m0/s1. The van der Waals surface area contributed by atoms with Crippen LogP contribution < -0.4 is 0 Å². The maximum atomic E-state index is 12.5. The Hall–Kier alpha value is -3.15. The third kappa shape index (κ3) is 4.37. The van der Waals surface area contributed by atoms with E-state index in [1.54, 1.807) is 4.90 Å². The van der Waals surface area contributed by atoms with Crippen molar-refractivity contribution in [2.24, 2.45) is 0 Å². The minimum absolute atomic E-state index is 0.151. The Balaban J connectivity index is 1.28. The van der Waals surface area contributed by atoms with Gasteiger partial charge in [-0.1, -0.05) is 49.4 Å². The maximum Gasteiger partial charge on any atom is 0.313 e. The Morgan fingerprint density at radius 2 is 1.80 bits per heavy atom. The van der Waals surface area contributed by atoms with Gasteiger partial charge in [-0.3, -0.25) is 9.59 Å². The van der Waals surface area contributed by atoms with Gasteiger partial charge in [-0.2, -0.15) is 0 Å². The van der Waals surface area contributed by atoms with Crippen LogP contribution in [-0.4, -0.2) is 41.5 Å². The van der Waals surface area contributed by atoms with E-state index in [4.69, 9.17) is 9.15 Å². The molecule has 0 N–H and O–H groups in total. The van der Waals surface area contributed by atoms with E-state index in [9.17, 15) is 9.59 Å². The van der Waals surface area contributed by atoms with Gasteiger partial charge < -0.3 is 14.1 Å². The molecule has 4 rings (SSSR count). The number of carbonyl (C=O) groups is 2. The number of hydrogen-bond donors (Lipinski definition) is 0. The highest BCUT2D eigenvalue weighted by Gasteiger charge is 2.28. The lowest BCUT2D eigenvalue weighted by atomic mass is 9.96. The molecule has 0 saturated carbocycles. The van der Waals surface area contributed by atoms with E-state index in [0.717, 1.165) is 35.4 Å². The monoisotopic (exact) mass is 406 g/mol. The highest BCUT2D eigenvalue weighted by atomic mass is 16.5. The molecule has 0 radical (unpaired) electrons. The number of para-hydroxylation sites is 2. The second-order valence-electron chi connectivity index (χ2n) is 7.65. The second kappa shape index (κ2) is 9.11. The van der Waals surface area contributed by atoms with Gasteiger partial charge in [0, 0.05) is 19.0 Å². The van der Waals surface area contributed by atoms with Gasteiger partial charge in [0.2, 0.25) is 0 Å². The third-order valence-electron chi connectivity index (χ3n) is 5.74. The first-order chi connectivity index (χ1) is 14.7. The molecule has 1 aromatic heterocycles. The van der Waals surface area contributed by atoms with Crippen molar-refractivity contribution in [3.8, 4) is 0 Å². The zero-order chi connectivity index (χ0) is 20.9. The molecule has 0 unspecified atom stereocenters. The van der Waals surface area contributed by atoms with Crippen LogP contribution in [-0.2, 0) is 14.3 Å². The number of amides is 1. The third-order valence-corrected chi connectivity index (χ3v) is 5.74. The Bertz CT molecular complexity index is 973. The first kappa shape index (κ1) is 20.1. The van der Waals surface area contributed by atoms with Crippen LogP contribution in [0.15, 0.2) is 59.0 Å². The minimum atomic E-state index is -0.349. The first-order valence-corrected chi connectivity index (χ1v) is 10.5. The number of carbonyl (C=O) groups excluding carboxylic acids is 2. The Morgan fingerprint density at radius 1 is 1.10 bits per heavy atom. The molecule has 1 aliphatic heterocycles. The number of likely N-dealkylation sites (tertiary alicyclic amines) is 1. The number of nitrogens with zero attached hydrogens (tertiary/aromatic N) is 2. The Morgan fingerprint density at radius 3 is 2.50 bits per heavy atom. The van der Waals surface area contributed by atoms with Crippen LogP contribution in [0.5, 0.6) is 0 Å². The molecule has 6 nitrogen and oxygen atoms in total. The summed E-state index contributed by atoms with van der Waals surface area (Å²) in [6.45, 7) is 2.94. The second-order valence-corrected chi connectivity index (χ2v) is 7.65. The minimum Gasteiger partial charge on any atom is -0.455 e. The molecule has 1 fully saturated rings. The molecule has 1 saturated heterocycles. The normalized spacial score (nSPS) is 15.8. The summed E-state index contributed by atoms with van der Waals surface area (Å²) in [5.74, 6) is 0.0968. The van der Waals surface area contributed by atoms with Crippen molar-refractivity contribution in [3.05, 3.63) is 66.1 Å². The zero-order valence-electron chi connectivity index (χ0n) is 17.1. The topological polar surface area (TPSA) is 72.6 Å². The summed E-state index contributed by atoms with van der Waals surface area (Å²) in [6.07, 6.45) is 2.20. The number of benzene rings is 2. The summed E-state index contributed by atoms with van der Waals surface area (Å²) in [4.78, 5) is 31.4. The van der Waals surface area contributed by atoms with Crippen molar-refractivity contribution in [3.63, 3.8) is 0 Å². The predicted octanol–water partition coefficient (Wildman–Crippen LogP) is 4.27. The smallest absolute Gasteiger partial charge is 0.313 e. The van der Waals surface area contributed by atoms with Crippen LogP contribution >= 0.6 is 0 Å².